The van der Waals surface area contributed by atoms with Gasteiger partial charge in [0.1, 0.15) is 5.82 Å². The quantitative estimate of drug-likeness (QED) is 0.612. The number of fused-ring (bicyclic) bond motifs is 1. The second-order valence-corrected chi connectivity index (χ2v) is 4.34. The van der Waals surface area contributed by atoms with Gasteiger partial charge in [-0.3, -0.25) is 0 Å². The second kappa shape index (κ2) is 3.68. The van der Waals surface area contributed by atoms with Gasteiger partial charge >= 0.3 is 0 Å². The van der Waals surface area contributed by atoms with Crippen LogP contribution in [0.4, 0.5) is 4.39 Å². The summed E-state index contributed by atoms with van der Waals surface area (Å²) in [5, 5.41) is 0.885. The molecule has 1 heterocycles. The molecule has 3 heteroatoms. The Morgan fingerprint density at radius 1 is 1.00 bits per heavy atom. The highest BCUT2D eigenvalue weighted by Gasteiger charge is 2.08. The van der Waals surface area contributed by atoms with E-state index in [0.29, 0.717) is 0 Å². The minimum absolute atomic E-state index is 0.218. The maximum absolute atomic E-state index is 13.2. The predicted octanol–water partition coefficient (Wildman–Crippen LogP) is 4.10. The number of rotatable bonds is 1. The summed E-state index contributed by atoms with van der Waals surface area (Å²) < 4.78 is 18.6. The molecule has 0 aliphatic heterocycles. The third-order valence-electron chi connectivity index (χ3n) is 2.48. The molecule has 0 spiro atoms. The maximum Gasteiger partial charge on any atom is 0.123 e. The molecule has 0 bridgehead atoms. The van der Waals surface area contributed by atoms with Gasteiger partial charge in [-0.05, 0) is 29.7 Å². The van der Waals surface area contributed by atoms with Crippen LogP contribution in [0.1, 0.15) is 0 Å². The minimum atomic E-state index is -0.218. The molecule has 1 aromatic heterocycles. The molecular weight excluding hydrogens is 221 g/mol. The normalized spacial score (nSPS) is 10.8. The van der Waals surface area contributed by atoms with Crippen molar-refractivity contribution in [2.24, 2.45) is 0 Å². The van der Waals surface area contributed by atoms with Gasteiger partial charge in [0, 0.05) is 10.9 Å². The first-order valence-electron chi connectivity index (χ1n) is 4.95. The zero-order valence-corrected chi connectivity index (χ0v) is 9.17. The first-order valence-corrected chi connectivity index (χ1v) is 5.72. The molecule has 0 saturated heterocycles. The van der Waals surface area contributed by atoms with Crippen molar-refractivity contribution in [1.29, 1.82) is 0 Å². The fourth-order valence-electron chi connectivity index (χ4n) is 1.72. The third kappa shape index (κ3) is 1.49. The number of nitrogens with zero attached hydrogens (tertiary/aromatic N) is 1. The molecule has 0 atom stereocenters. The number of aromatic nitrogens is 1. The van der Waals surface area contributed by atoms with E-state index in [1.807, 2.05) is 30.3 Å². The molecule has 0 unspecified atom stereocenters. The molecule has 78 valence electrons. The number of benzene rings is 2. The third-order valence-corrected chi connectivity index (χ3v) is 3.31. The van der Waals surface area contributed by atoms with E-state index >= 15 is 0 Å². The molecule has 0 fully saturated rings. The number of hydrogen-bond donors (Lipinski definition) is 0. The summed E-state index contributed by atoms with van der Waals surface area (Å²) in [7, 11) is 0. The molecule has 1 nitrogen and oxygen atoms in total. The van der Waals surface area contributed by atoms with Crippen LogP contribution in [-0.2, 0) is 0 Å². The number of halogens is 1. The van der Waals surface area contributed by atoms with E-state index < -0.39 is 0 Å². The van der Waals surface area contributed by atoms with Crippen molar-refractivity contribution in [1.82, 2.24) is 4.37 Å². The van der Waals surface area contributed by atoms with Gasteiger partial charge in [0.25, 0.3) is 0 Å². The lowest BCUT2D eigenvalue weighted by Crippen LogP contribution is -1.78. The van der Waals surface area contributed by atoms with Gasteiger partial charge in [-0.1, -0.05) is 30.3 Å². The molecule has 0 aliphatic rings. The van der Waals surface area contributed by atoms with Crippen molar-refractivity contribution in [2.45, 2.75) is 0 Å². The predicted molar refractivity (Wildman–Crippen MR) is 65.0 cm³/mol. The van der Waals surface area contributed by atoms with Gasteiger partial charge < -0.3 is 0 Å². The van der Waals surface area contributed by atoms with E-state index in [1.165, 1.54) is 17.6 Å². The summed E-state index contributed by atoms with van der Waals surface area (Å²) in [6, 6.07) is 14.6. The Morgan fingerprint density at radius 2 is 1.81 bits per heavy atom. The first-order chi connectivity index (χ1) is 7.84. The topological polar surface area (TPSA) is 12.9 Å². The van der Waals surface area contributed by atoms with E-state index in [4.69, 9.17) is 0 Å². The average molecular weight is 229 g/mol. The maximum atomic E-state index is 13.2. The smallest absolute Gasteiger partial charge is 0.123 e. The van der Waals surface area contributed by atoms with Crippen LogP contribution in [0.25, 0.3) is 21.3 Å². The van der Waals surface area contributed by atoms with Crippen LogP contribution in [-0.4, -0.2) is 4.37 Å². The van der Waals surface area contributed by atoms with Crippen molar-refractivity contribution < 1.29 is 4.39 Å². The van der Waals surface area contributed by atoms with Crippen molar-refractivity contribution in [3.05, 3.63) is 54.3 Å². The Labute approximate surface area is 96.3 Å². The van der Waals surface area contributed by atoms with Crippen molar-refractivity contribution in [2.75, 3.05) is 0 Å². The van der Waals surface area contributed by atoms with Crippen molar-refractivity contribution >= 4 is 21.6 Å². The molecule has 0 saturated carbocycles. The summed E-state index contributed by atoms with van der Waals surface area (Å²) in [6.45, 7) is 0. The highest BCUT2D eigenvalue weighted by atomic mass is 32.1. The molecule has 0 radical (unpaired) electrons. The molecular formula is C13H8FNS. The van der Waals surface area contributed by atoms with E-state index in [2.05, 4.69) is 4.37 Å². The van der Waals surface area contributed by atoms with Crippen LogP contribution < -0.4 is 0 Å². The van der Waals surface area contributed by atoms with E-state index in [1.54, 1.807) is 12.1 Å². The second-order valence-electron chi connectivity index (χ2n) is 3.54. The van der Waals surface area contributed by atoms with E-state index in [-0.39, 0.29) is 5.82 Å². The summed E-state index contributed by atoms with van der Waals surface area (Å²) in [5.41, 5.74) is 1.89. The summed E-state index contributed by atoms with van der Waals surface area (Å²) >= 11 is 1.40. The van der Waals surface area contributed by atoms with Crippen LogP contribution in [0.15, 0.2) is 48.5 Å². The van der Waals surface area contributed by atoms with Crippen molar-refractivity contribution in [3.8, 4) is 11.3 Å². The Bertz CT molecular complexity index is 631. The van der Waals surface area contributed by atoms with E-state index in [0.717, 1.165) is 21.3 Å². The van der Waals surface area contributed by atoms with Gasteiger partial charge in [0.05, 0.1) is 10.4 Å². The van der Waals surface area contributed by atoms with Crippen LogP contribution in [0.2, 0.25) is 0 Å². The summed E-state index contributed by atoms with van der Waals surface area (Å²) in [6.07, 6.45) is 0. The SMILES string of the molecule is Fc1ccc2snc(-c3ccccc3)c2c1. The Kier molecular flexibility index (Phi) is 2.18. The molecule has 3 rings (SSSR count). The lowest BCUT2D eigenvalue weighted by atomic mass is 10.1. The van der Waals surface area contributed by atoms with Gasteiger partial charge in [-0.25, -0.2) is 4.39 Å². The monoisotopic (exact) mass is 229 g/mol. The summed E-state index contributed by atoms with van der Waals surface area (Å²) in [5.74, 6) is -0.218. The van der Waals surface area contributed by atoms with Gasteiger partial charge in [-0.15, -0.1) is 0 Å². The summed E-state index contributed by atoms with van der Waals surface area (Å²) in [4.78, 5) is 0. The molecule has 3 aromatic rings. The number of hydrogen-bond acceptors (Lipinski definition) is 2. The van der Waals surface area contributed by atoms with E-state index in [9.17, 15) is 4.39 Å². The molecule has 0 aliphatic carbocycles. The standard InChI is InChI=1S/C13H8FNS/c14-10-6-7-12-11(8-10)13(15-16-12)9-4-2-1-3-5-9/h1-8H. The van der Waals surface area contributed by atoms with Crippen LogP contribution >= 0.6 is 11.5 Å². The zero-order valence-electron chi connectivity index (χ0n) is 8.35. The first kappa shape index (κ1) is 9.48. The Hall–Kier alpha value is -1.74. The molecule has 0 amide bonds. The largest absolute Gasteiger partial charge is 0.207 e. The minimum Gasteiger partial charge on any atom is -0.207 e. The molecule has 2 aromatic carbocycles. The lowest BCUT2D eigenvalue weighted by Gasteiger charge is -1.97. The van der Waals surface area contributed by atoms with Gasteiger partial charge in [-0.2, -0.15) is 4.37 Å². The van der Waals surface area contributed by atoms with Crippen LogP contribution in [0.3, 0.4) is 0 Å². The highest BCUT2D eigenvalue weighted by Crippen LogP contribution is 2.30. The molecule has 0 N–H and O–H groups in total. The average Bonchev–Trinajstić information content (AvgIpc) is 2.73. The molecule has 16 heavy (non-hydrogen) atoms. The zero-order chi connectivity index (χ0) is 11.0. The fourth-order valence-corrected chi connectivity index (χ4v) is 2.49. The Morgan fingerprint density at radius 3 is 2.62 bits per heavy atom. The lowest BCUT2D eigenvalue weighted by molar-refractivity contribution is 0.630. The van der Waals surface area contributed by atoms with Gasteiger partial charge in [0.15, 0.2) is 0 Å². The Balaban J connectivity index is 2.29. The van der Waals surface area contributed by atoms with Crippen molar-refractivity contribution in [3.63, 3.8) is 0 Å². The fraction of sp³-hybridized carbons (Fsp3) is 0. The highest BCUT2D eigenvalue weighted by molar-refractivity contribution is 7.13. The van der Waals surface area contributed by atoms with Crippen LogP contribution in [0, 0.1) is 5.82 Å². The van der Waals surface area contributed by atoms with Crippen LogP contribution in [0.5, 0.6) is 0 Å². The van der Waals surface area contributed by atoms with Gasteiger partial charge in [0.2, 0.25) is 0 Å².